The van der Waals surface area contributed by atoms with Crippen LogP contribution in [0, 0.1) is 17.8 Å². The van der Waals surface area contributed by atoms with Crippen LogP contribution >= 0.6 is 0 Å². The summed E-state index contributed by atoms with van der Waals surface area (Å²) in [6.07, 6.45) is 8.82. The molecule has 148 valence electrons. The van der Waals surface area contributed by atoms with Gasteiger partial charge in [-0.3, -0.25) is 4.79 Å². The molecule has 7 heteroatoms. The highest BCUT2D eigenvalue weighted by molar-refractivity contribution is 7.89. The number of amides is 1. The fraction of sp³-hybridized carbons (Fsp3) is 0.650. The zero-order valence-electron chi connectivity index (χ0n) is 15.7. The lowest BCUT2D eigenvalue weighted by Crippen LogP contribution is -3.00. The second-order valence-electron chi connectivity index (χ2n) is 8.98. The van der Waals surface area contributed by atoms with Gasteiger partial charge < -0.3 is 10.6 Å². The number of sulfonamides is 1. The highest BCUT2D eigenvalue weighted by Gasteiger charge is 2.53. The van der Waals surface area contributed by atoms with Crippen molar-refractivity contribution in [3.63, 3.8) is 0 Å². The van der Waals surface area contributed by atoms with Crippen LogP contribution in [0.1, 0.15) is 44.1 Å². The number of nitrogens with two attached hydrogens (primary N) is 2. The van der Waals surface area contributed by atoms with Crippen molar-refractivity contribution in [1.82, 2.24) is 5.32 Å². The third-order valence-corrected chi connectivity index (χ3v) is 7.72. The van der Waals surface area contributed by atoms with Crippen LogP contribution in [-0.4, -0.2) is 33.0 Å². The predicted octanol–water partition coefficient (Wildman–Crippen LogP) is 0.525. The fourth-order valence-corrected chi connectivity index (χ4v) is 6.52. The average molecular weight is 393 g/mol. The Morgan fingerprint density at radius 1 is 1.07 bits per heavy atom. The lowest BCUT2D eigenvalue weighted by Gasteiger charge is -2.54. The first kappa shape index (κ1) is 18.9. The minimum Gasteiger partial charge on any atom is -0.351 e. The monoisotopic (exact) mass is 392 g/mol. The van der Waals surface area contributed by atoms with E-state index in [0.29, 0.717) is 25.0 Å². The number of hydrogen-bond acceptors (Lipinski definition) is 3. The average Bonchev–Trinajstić information content (AvgIpc) is 2.59. The van der Waals surface area contributed by atoms with Crippen molar-refractivity contribution < 1.29 is 18.5 Å². The molecule has 1 aromatic carbocycles. The largest absolute Gasteiger partial charge is 0.351 e. The summed E-state index contributed by atoms with van der Waals surface area (Å²) in [5, 5.41) is 10.4. The highest BCUT2D eigenvalue weighted by atomic mass is 32.2. The Labute approximate surface area is 161 Å². The molecule has 4 saturated carbocycles. The molecule has 27 heavy (non-hydrogen) atoms. The molecule has 0 aliphatic heterocycles. The minimum atomic E-state index is -3.65. The Balaban J connectivity index is 1.21. The molecule has 0 unspecified atom stereocenters. The molecule has 0 spiro atoms. The molecular weight excluding hydrogens is 362 g/mol. The third kappa shape index (κ3) is 4.36. The van der Waals surface area contributed by atoms with Gasteiger partial charge in [0.2, 0.25) is 10.0 Å². The Kier molecular flexibility index (Phi) is 5.03. The Morgan fingerprint density at radius 2 is 1.63 bits per heavy atom. The topological polar surface area (TPSA) is 106 Å². The van der Waals surface area contributed by atoms with E-state index in [1.54, 1.807) is 12.1 Å². The Bertz CT molecular complexity index is 769. The molecule has 1 amide bonds. The van der Waals surface area contributed by atoms with E-state index in [2.05, 4.69) is 10.6 Å². The first-order valence-corrected chi connectivity index (χ1v) is 11.6. The highest BCUT2D eigenvalue weighted by Crippen LogP contribution is 2.54. The number of benzene rings is 1. The quantitative estimate of drug-likeness (QED) is 0.630. The molecular formula is C20H30N3O3S+. The van der Waals surface area contributed by atoms with E-state index in [-0.39, 0.29) is 10.8 Å². The van der Waals surface area contributed by atoms with E-state index >= 15 is 0 Å². The van der Waals surface area contributed by atoms with Gasteiger partial charge in [0.05, 0.1) is 10.4 Å². The van der Waals surface area contributed by atoms with Crippen molar-refractivity contribution in [2.24, 2.45) is 22.9 Å². The number of quaternary nitrogens is 1. The van der Waals surface area contributed by atoms with Gasteiger partial charge in [0, 0.05) is 25.8 Å². The molecule has 0 saturated heterocycles. The van der Waals surface area contributed by atoms with Crippen molar-refractivity contribution in [3.8, 4) is 0 Å². The summed E-state index contributed by atoms with van der Waals surface area (Å²) in [6.45, 7) is 1.07. The number of nitrogens with one attached hydrogen (secondary N) is 1. The van der Waals surface area contributed by atoms with E-state index in [9.17, 15) is 13.2 Å². The lowest BCUT2D eigenvalue weighted by molar-refractivity contribution is -0.730. The molecule has 4 fully saturated rings. The van der Waals surface area contributed by atoms with Crippen LogP contribution in [0.5, 0.6) is 0 Å². The SMILES string of the molecule is NS(=O)(=O)c1ccc(CCNC(=O)C[NH2+]C23CC4CC(CC(C4)C2)C3)cc1. The van der Waals surface area contributed by atoms with Gasteiger partial charge in [-0.2, -0.15) is 0 Å². The van der Waals surface area contributed by atoms with E-state index in [1.807, 2.05) is 0 Å². The van der Waals surface area contributed by atoms with Gasteiger partial charge >= 0.3 is 0 Å². The normalized spacial score (nSPS) is 31.8. The third-order valence-electron chi connectivity index (χ3n) is 6.79. The van der Waals surface area contributed by atoms with Crippen molar-refractivity contribution >= 4 is 15.9 Å². The number of carbonyl (C=O) groups excluding carboxylic acids is 1. The van der Waals surface area contributed by atoms with Gasteiger partial charge in [-0.05, 0) is 61.1 Å². The summed E-state index contributed by atoms with van der Waals surface area (Å²) in [5.74, 6) is 2.79. The van der Waals surface area contributed by atoms with E-state index < -0.39 is 10.0 Å². The number of hydrogen-bond donors (Lipinski definition) is 3. The molecule has 5 rings (SSSR count). The van der Waals surface area contributed by atoms with Crippen molar-refractivity contribution in [2.45, 2.75) is 55.4 Å². The number of carbonyl (C=O) groups is 1. The first-order valence-electron chi connectivity index (χ1n) is 10.0. The van der Waals surface area contributed by atoms with Crippen LogP contribution in [0.25, 0.3) is 0 Å². The Morgan fingerprint density at radius 3 is 2.15 bits per heavy atom. The van der Waals surface area contributed by atoms with Gasteiger partial charge in [0.15, 0.2) is 6.54 Å². The summed E-state index contributed by atoms with van der Waals surface area (Å²) in [7, 11) is -3.65. The van der Waals surface area contributed by atoms with Crippen molar-refractivity contribution in [1.29, 1.82) is 0 Å². The van der Waals surface area contributed by atoms with Gasteiger partial charge in [0.25, 0.3) is 5.91 Å². The summed E-state index contributed by atoms with van der Waals surface area (Å²) in [6, 6.07) is 6.50. The molecule has 4 aliphatic carbocycles. The van der Waals surface area contributed by atoms with Gasteiger partial charge in [-0.25, -0.2) is 13.6 Å². The molecule has 0 atom stereocenters. The van der Waals surface area contributed by atoms with Crippen LogP contribution in [0.15, 0.2) is 29.2 Å². The maximum absolute atomic E-state index is 12.3. The van der Waals surface area contributed by atoms with Crippen LogP contribution in [0.2, 0.25) is 0 Å². The summed E-state index contributed by atoms with van der Waals surface area (Å²) in [5.41, 5.74) is 1.31. The van der Waals surface area contributed by atoms with Crippen molar-refractivity contribution in [3.05, 3.63) is 29.8 Å². The van der Waals surface area contributed by atoms with Crippen molar-refractivity contribution in [2.75, 3.05) is 13.1 Å². The Hall–Kier alpha value is -1.44. The fourth-order valence-electron chi connectivity index (χ4n) is 6.00. The molecule has 0 heterocycles. The maximum Gasteiger partial charge on any atom is 0.275 e. The summed E-state index contributed by atoms with van der Waals surface area (Å²) < 4.78 is 22.5. The minimum absolute atomic E-state index is 0.0897. The molecule has 0 aromatic heterocycles. The molecule has 4 aliphatic rings. The van der Waals surface area contributed by atoms with Gasteiger partial charge in [-0.15, -0.1) is 0 Å². The molecule has 6 nitrogen and oxygen atoms in total. The summed E-state index contributed by atoms with van der Waals surface area (Å²) >= 11 is 0. The van der Waals surface area contributed by atoms with E-state index in [0.717, 1.165) is 23.3 Å². The van der Waals surface area contributed by atoms with E-state index in [1.165, 1.54) is 50.7 Å². The second-order valence-corrected chi connectivity index (χ2v) is 10.5. The van der Waals surface area contributed by atoms with Crippen LogP contribution in [-0.2, 0) is 21.2 Å². The zero-order chi connectivity index (χ0) is 19.1. The van der Waals surface area contributed by atoms with Crippen LogP contribution in [0.3, 0.4) is 0 Å². The molecule has 5 N–H and O–H groups in total. The summed E-state index contributed by atoms with van der Waals surface area (Å²) in [4.78, 5) is 12.4. The van der Waals surface area contributed by atoms with E-state index in [4.69, 9.17) is 5.14 Å². The number of rotatable bonds is 7. The maximum atomic E-state index is 12.3. The lowest BCUT2D eigenvalue weighted by atomic mass is 9.53. The van der Waals surface area contributed by atoms with Crippen LogP contribution < -0.4 is 15.8 Å². The zero-order valence-corrected chi connectivity index (χ0v) is 16.5. The number of primary sulfonamides is 1. The predicted molar refractivity (Wildman–Crippen MR) is 102 cm³/mol. The smallest absolute Gasteiger partial charge is 0.275 e. The molecule has 1 aromatic rings. The molecule has 0 radical (unpaired) electrons. The van der Waals surface area contributed by atoms with Gasteiger partial charge in [-0.1, -0.05) is 12.1 Å². The first-order chi connectivity index (χ1) is 12.8. The standard InChI is InChI=1S/C20H29N3O3S/c21-27(25,26)18-3-1-14(2-4-18)5-6-22-19(24)13-23-20-10-15-7-16(11-20)9-17(8-15)12-20/h1-4,15-17,23H,5-13H2,(H,22,24)(H2,21,25,26)/p+1. The second kappa shape index (κ2) is 7.18. The van der Waals surface area contributed by atoms with Gasteiger partial charge in [0.1, 0.15) is 0 Å². The van der Waals surface area contributed by atoms with Crippen LogP contribution in [0.4, 0.5) is 0 Å². The molecule has 4 bridgehead atoms.